The molecule has 0 amide bonds. The number of hydrogen-bond donors (Lipinski definition) is 1. The van der Waals surface area contributed by atoms with Crippen molar-refractivity contribution in [1.29, 1.82) is 0 Å². The number of rotatable bonds is 6. The van der Waals surface area contributed by atoms with Gasteiger partial charge in [-0.05, 0) is 30.1 Å². The lowest BCUT2D eigenvalue weighted by Crippen LogP contribution is -2.31. The summed E-state index contributed by atoms with van der Waals surface area (Å²) in [6.45, 7) is 5.78. The fourth-order valence-corrected chi connectivity index (χ4v) is 1.74. The molecule has 0 saturated carbocycles. The van der Waals surface area contributed by atoms with Crippen LogP contribution in [0.5, 0.6) is 0 Å². The first-order valence-corrected chi connectivity index (χ1v) is 6.47. The van der Waals surface area contributed by atoms with Gasteiger partial charge in [0.1, 0.15) is 6.04 Å². The van der Waals surface area contributed by atoms with E-state index in [1.807, 2.05) is 49.4 Å². The number of allylic oxidation sites excluding steroid dienone is 4. The molecule has 106 valence electrons. The fraction of sp³-hybridized carbons (Fsp3) is 0.235. The maximum absolute atomic E-state index is 11.3. The molecule has 2 N–H and O–H groups in total. The van der Waals surface area contributed by atoms with E-state index in [9.17, 15) is 4.79 Å². The molecule has 1 atom stereocenters. The van der Waals surface area contributed by atoms with Crippen molar-refractivity contribution in [3.63, 3.8) is 0 Å². The quantitative estimate of drug-likeness (QED) is 0.639. The van der Waals surface area contributed by atoms with Gasteiger partial charge >= 0.3 is 5.97 Å². The molecule has 20 heavy (non-hydrogen) atoms. The Hall–Kier alpha value is -2.13. The highest BCUT2D eigenvalue weighted by molar-refractivity contribution is 5.76. The fourth-order valence-electron chi connectivity index (χ4n) is 1.74. The minimum Gasteiger partial charge on any atom is -0.468 e. The van der Waals surface area contributed by atoms with Crippen LogP contribution in [-0.4, -0.2) is 19.1 Å². The molecule has 0 aliphatic carbocycles. The third-order valence-corrected chi connectivity index (χ3v) is 3.00. The Balaban J connectivity index is 2.80. The SMILES string of the molecule is C=C/C(=C\C=C(/C)c1ccccc1)C[C@@H](N)C(=O)OC. The maximum Gasteiger partial charge on any atom is 0.322 e. The number of ether oxygens (including phenoxy) is 1. The van der Waals surface area contributed by atoms with E-state index in [2.05, 4.69) is 11.3 Å². The number of carbonyl (C=O) groups excluding carboxylic acids is 1. The van der Waals surface area contributed by atoms with Gasteiger partial charge in [0.05, 0.1) is 7.11 Å². The zero-order chi connectivity index (χ0) is 15.0. The summed E-state index contributed by atoms with van der Waals surface area (Å²) in [6, 6.07) is 9.42. The second kappa shape index (κ2) is 8.12. The van der Waals surface area contributed by atoms with Crippen LogP contribution >= 0.6 is 0 Å². The number of benzene rings is 1. The second-order valence-electron chi connectivity index (χ2n) is 4.50. The highest BCUT2D eigenvalue weighted by Gasteiger charge is 2.13. The van der Waals surface area contributed by atoms with Gasteiger partial charge in [0.2, 0.25) is 0 Å². The molecule has 0 heterocycles. The molecule has 0 fully saturated rings. The molecule has 1 aromatic carbocycles. The van der Waals surface area contributed by atoms with Gasteiger partial charge in [0.25, 0.3) is 0 Å². The Kier molecular flexibility index (Phi) is 6.47. The molecule has 0 unspecified atom stereocenters. The summed E-state index contributed by atoms with van der Waals surface area (Å²) < 4.78 is 4.61. The molecule has 0 aromatic heterocycles. The van der Waals surface area contributed by atoms with Crippen molar-refractivity contribution in [2.24, 2.45) is 5.73 Å². The van der Waals surface area contributed by atoms with Crippen LogP contribution in [-0.2, 0) is 9.53 Å². The number of methoxy groups -OCH3 is 1. The lowest BCUT2D eigenvalue weighted by molar-refractivity contribution is -0.142. The predicted octanol–water partition coefficient (Wildman–Crippen LogP) is 3.09. The molecule has 1 rings (SSSR count). The lowest BCUT2D eigenvalue weighted by atomic mass is 10.0. The van der Waals surface area contributed by atoms with Gasteiger partial charge in [0, 0.05) is 0 Å². The van der Waals surface area contributed by atoms with Gasteiger partial charge in [-0.25, -0.2) is 0 Å². The largest absolute Gasteiger partial charge is 0.468 e. The van der Waals surface area contributed by atoms with Crippen LogP contribution in [0.2, 0.25) is 0 Å². The topological polar surface area (TPSA) is 52.3 Å². The Morgan fingerprint density at radius 3 is 2.55 bits per heavy atom. The smallest absolute Gasteiger partial charge is 0.322 e. The van der Waals surface area contributed by atoms with Gasteiger partial charge in [0.15, 0.2) is 0 Å². The number of nitrogens with two attached hydrogens (primary N) is 1. The van der Waals surface area contributed by atoms with Gasteiger partial charge in [-0.2, -0.15) is 0 Å². The van der Waals surface area contributed by atoms with Crippen LogP contribution in [0.3, 0.4) is 0 Å². The van der Waals surface area contributed by atoms with E-state index in [0.29, 0.717) is 6.42 Å². The monoisotopic (exact) mass is 271 g/mol. The van der Waals surface area contributed by atoms with Crippen molar-refractivity contribution < 1.29 is 9.53 Å². The molecule has 3 heteroatoms. The summed E-state index contributed by atoms with van der Waals surface area (Å²) in [6.07, 6.45) is 6.04. The van der Waals surface area contributed by atoms with Gasteiger partial charge in [-0.3, -0.25) is 4.79 Å². The van der Waals surface area contributed by atoms with Crippen molar-refractivity contribution in [1.82, 2.24) is 0 Å². The van der Waals surface area contributed by atoms with E-state index in [1.54, 1.807) is 6.08 Å². The minimum absolute atomic E-state index is 0.411. The first-order valence-electron chi connectivity index (χ1n) is 6.47. The minimum atomic E-state index is -0.658. The molecule has 0 spiro atoms. The number of carbonyl (C=O) groups is 1. The van der Waals surface area contributed by atoms with E-state index >= 15 is 0 Å². The average Bonchev–Trinajstić information content (AvgIpc) is 2.50. The third kappa shape index (κ3) is 4.86. The zero-order valence-corrected chi connectivity index (χ0v) is 12.0. The van der Waals surface area contributed by atoms with Crippen molar-refractivity contribution >= 4 is 11.5 Å². The van der Waals surface area contributed by atoms with Crippen LogP contribution in [0.25, 0.3) is 5.57 Å². The second-order valence-corrected chi connectivity index (χ2v) is 4.50. The molecule has 0 bridgehead atoms. The number of hydrogen-bond acceptors (Lipinski definition) is 3. The molecular weight excluding hydrogens is 250 g/mol. The highest BCUT2D eigenvalue weighted by atomic mass is 16.5. The summed E-state index contributed by atoms with van der Waals surface area (Å²) in [4.78, 5) is 11.3. The van der Waals surface area contributed by atoms with Crippen LogP contribution in [0.15, 0.2) is 60.7 Å². The van der Waals surface area contributed by atoms with Crippen LogP contribution < -0.4 is 5.73 Å². The van der Waals surface area contributed by atoms with Crippen LogP contribution in [0.1, 0.15) is 18.9 Å². The molecule has 0 radical (unpaired) electrons. The normalized spacial score (nSPS) is 13.8. The Labute approximate surface area is 120 Å². The van der Waals surface area contributed by atoms with Gasteiger partial charge in [-0.1, -0.05) is 55.1 Å². The van der Waals surface area contributed by atoms with Crippen molar-refractivity contribution in [2.75, 3.05) is 7.11 Å². The van der Waals surface area contributed by atoms with Crippen molar-refractivity contribution in [2.45, 2.75) is 19.4 Å². The Morgan fingerprint density at radius 1 is 1.35 bits per heavy atom. The summed E-state index contributed by atoms with van der Waals surface area (Å²) >= 11 is 0. The Morgan fingerprint density at radius 2 is 2.00 bits per heavy atom. The molecule has 0 aliphatic rings. The zero-order valence-electron chi connectivity index (χ0n) is 12.0. The van der Waals surface area contributed by atoms with Gasteiger partial charge in [-0.15, -0.1) is 0 Å². The lowest BCUT2D eigenvalue weighted by Gasteiger charge is -2.09. The summed E-state index contributed by atoms with van der Waals surface area (Å²) in [5, 5.41) is 0. The molecule has 1 aromatic rings. The first kappa shape index (κ1) is 15.9. The predicted molar refractivity (Wildman–Crippen MR) is 83.0 cm³/mol. The van der Waals surface area contributed by atoms with E-state index < -0.39 is 12.0 Å². The summed E-state index contributed by atoms with van der Waals surface area (Å²) in [7, 11) is 1.33. The van der Waals surface area contributed by atoms with Gasteiger partial charge < -0.3 is 10.5 Å². The van der Waals surface area contributed by atoms with Crippen molar-refractivity contribution in [3.8, 4) is 0 Å². The Bertz CT molecular complexity index is 515. The van der Waals surface area contributed by atoms with Crippen LogP contribution in [0.4, 0.5) is 0 Å². The average molecular weight is 271 g/mol. The first-order chi connectivity index (χ1) is 9.58. The third-order valence-electron chi connectivity index (χ3n) is 3.00. The highest BCUT2D eigenvalue weighted by Crippen LogP contribution is 2.14. The molecule has 0 aliphatic heterocycles. The molecule has 0 saturated heterocycles. The van der Waals surface area contributed by atoms with Crippen LogP contribution in [0, 0.1) is 0 Å². The van der Waals surface area contributed by atoms with Crippen molar-refractivity contribution in [3.05, 3.63) is 66.3 Å². The van der Waals surface area contributed by atoms with E-state index in [0.717, 1.165) is 16.7 Å². The maximum atomic E-state index is 11.3. The molecular formula is C17H21NO2. The van der Waals surface area contributed by atoms with E-state index in [1.165, 1.54) is 7.11 Å². The standard InChI is InChI=1S/C17H21NO2/c1-4-14(12-16(18)17(19)20-3)11-10-13(2)15-8-6-5-7-9-15/h4-11,16H,1,12,18H2,2-3H3/b13-10+,14-11+/t16-/m1/s1. The number of esters is 1. The molecule has 3 nitrogen and oxygen atoms in total. The van der Waals surface area contributed by atoms with E-state index in [-0.39, 0.29) is 0 Å². The summed E-state index contributed by atoms with van der Waals surface area (Å²) in [5.41, 5.74) is 8.93. The van der Waals surface area contributed by atoms with E-state index in [4.69, 9.17) is 5.73 Å². The summed E-state index contributed by atoms with van der Waals surface area (Å²) in [5.74, 6) is -0.415.